The molecule has 0 saturated carbocycles. The van der Waals surface area contributed by atoms with E-state index in [2.05, 4.69) is 10.3 Å². The summed E-state index contributed by atoms with van der Waals surface area (Å²) in [5.74, 6) is -3.82. The van der Waals surface area contributed by atoms with Crippen LogP contribution >= 0.6 is 11.8 Å². The van der Waals surface area contributed by atoms with Gasteiger partial charge in [-0.15, -0.1) is 0 Å². The number of hydrogen-bond donors (Lipinski definition) is 1. The molecule has 20 heavy (non-hydrogen) atoms. The molecule has 0 atom stereocenters. The molecule has 0 unspecified atom stereocenters. The summed E-state index contributed by atoms with van der Waals surface area (Å²) in [6.45, 7) is 0. The number of alkyl halides is 2. The van der Waals surface area contributed by atoms with Crippen LogP contribution in [0.2, 0.25) is 0 Å². The minimum absolute atomic E-state index is 0.142. The monoisotopic (exact) mass is 298 g/mol. The molecule has 1 aromatic carbocycles. The van der Waals surface area contributed by atoms with E-state index in [0.717, 1.165) is 12.3 Å². The molecule has 2 rings (SSSR count). The molecule has 0 aliphatic rings. The van der Waals surface area contributed by atoms with Crippen LogP contribution in [0.4, 0.5) is 18.9 Å². The first-order chi connectivity index (χ1) is 9.56. The summed E-state index contributed by atoms with van der Waals surface area (Å²) in [5.41, 5.74) is 0.412. The number of pyridine rings is 1. The minimum Gasteiger partial charge on any atom is -0.321 e. The fourth-order valence-electron chi connectivity index (χ4n) is 1.47. The third-order valence-electron chi connectivity index (χ3n) is 2.34. The van der Waals surface area contributed by atoms with Crippen molar-refractivity contribution in [1.82, 2.24) is 4.98 Å². The van der Waals surface area contributed by atoms with Gasteiger partial charge in [0.15, 0.2) is 0 Å². The average molecular weight is 298 g/mol. The van der Waals surface area contributed by atoms with Gasteiger partial charge in [-0.05, 0) is 24.3 Å². The van der Waals surface area contributed by atoms with Crippen LogP contribution in [0.3, 0.4) is 0 Å². The van der Waals surface area contributed by atoms with E-state index in [9.17, 15) is 18.0 Å². The summed E-state index contributed by atoms with van der Waals surface area (Å²) in [6, 6.07) is 8.53. The number of benzene rings is 1. The zero-order valence-corrected chi connectivity index (χ0v) is 10.8. The molecule has 1 amide bonds. The maximum absolute atomic E-state index is 12.7. The largest absolute Gasteiger partial charge is 0.321 e. The van der Waals surface area contributed by atoms with Crippen LogP contribution in [-0.2, 0) is 0 Å². The van der Waals surface area contributed by atoms with E-state index < -0.39 is 17.6 Å². The van der Waals surface area contributed by atoms with Crippen molar-refractivity contribution in [3.8, 4) is 0 Å². The Balaban J connectivity index is 2.17. The molecular weight excluding hydrogens is 289 g/mol. The van der Waals surface area contributed by atoms with Gasteiger partial charge >= 0.3 is 0 Å². The number of nitrogens with one attached hydrogen (secondary N) is 1. The number of thioether (sulfide) groups is 1. The Morgan fingerprint density at radius 3 is 2.60 bits per heavy atom. The molecule has 0 saturated heterocycles. The van der Waals surface area contributed by atoms with Crippen LogP contribution in [0.25, 0.3) is 0 Å². The molecule has 104 valence electrons. The van der Waals surface area contributed by atoms with E-state index in [1.807, 2.05) is 0 Å². The van der Waals surface area contributed by atoms with Crippen molar-refractivity contribution < 1.29 is 18.0 Å². The Morgan fingerprint density at radius 1 is 1.20 bits per heavy atom. The highest BCUT2D eigenvalue weighted by molar-refractivity contribution is 7.99. The Hall–Kier alpha value is -2.02. The lowest BCUT2D eigenvalue weighted by molar-refractivity contribution is 0.102. The van der Waals surface area contributed by atoms with Gasteiger partial charge in [-0.1, -0.05) is 23.9 Å². The molecule has 0 bridgehead atoms. The average Bonchev–Trinajstić information content (AvgIpc) is 2.41. The second-order valence-corrected chi connectivity index (χ2v) is 4.73. The number of amides is 1. The van der Waals surface area contributed by atoms with Crippen molar-refractivity contribution >= 4 is 23.4 Å². The lowest BCUT2D eigenvalue weighted by Gasteiger charge is -2.10. The second kappa shape index (κ2) is 6.42. The predicted octanol–water partition coefficient (Wildman–Crippen LogP) is 3.79. The Morgan fingerprint density at radius 2 is 1.95 bits per heavy atom. The summed E-state index contributed by atoms with van der Waals surface area (Å²) >= 11 is 0.341. The summed E-state index contributed by atoms with van der Waals surface area (Å²) < 4.78 is 37.5. The molecule has 0 spiro atoms. The van der Waals surface area contributed by atoms with Gasteiger partial charge in [-0.2, -0.15) is 13.2 Å². The number of para-hydroxylation sites is 1. The molecule has 0 radical (unpaired) electrons. The highest BCUT2D eigenvalue weighted by atomic mass is 32.2. The number of hydrogen-bond acceptors (Lipinski definition) is 3. The van der Waals surface area contributed by atoms with Crippen molar-refractivity contribution in [3.05, 3.63) is 54.1 Å². The van der Waals surface area contributed by atoms with E-state index in [0.29, 0.717) is 11.8 Å². The second-order valence-electron chi connectivity index (χ2n) is 3.70. The minimum atomic E-state index is -2.58. The lowest BCUT2D eigenvalue weighted by atomic mass is 10.2. The summed E-state index contributed by atoms with van der Waals surface area (Å²) in [4.78, 5) is 15.5. The number of rotatable bonds is 4. The van der Waals surface area contributed by atoms with Crippen LogP contribution in [0.15, 0.2) is 47.5 Å². The van der Waals surface area contributed by atoms with Gasteiger partial charge in [0.05, 0.1) is 11.3 Å². The highest BCUT2D eigenvalue weighted by Gasteiger charge is 2.13. The zero-order valence-electron chi connectivity index (χ0n) is 10.0. The zero-order chi connectivity index (χ0) is 14.5. The molecule has 1 N–H and O–H groups in total. The number of anilines is 1. The van der Waals surface area contributed by atoms with E-state index in [4.69, 9.17) is 0 Å². The van der Waals surface area contributed by atoms with E-state index in [-0.39, 0.29) is 16.1 Å². The molecule has 0 fully saturated rings. The van der Waals surface area contributed by atoms with Crippen molar-refractivity contribution in [2.24, 2.45) is 0 Å². The van der Waals surface area contributed by atoms with Gasteiger partial charge in [0.2, 0.25) is 5.95 Å². The number of nitrogens with zero attached hydrogens (tertiary/aromatic N) is 1. The first-order valence-corrected chi connectivity index (χ1v) is 6.41. The van der Waals surface area contributed by atoms with Gasteiger partial charge in [0, 0.05) is 11.1 Å². The summed E-state index contributed by atoms with van der Waals surface area (Å²) in [5, 5.41) is 2.50. The van der Waals surface area contributed by atoms with E-state index >= 15 is 0 Å². The number of carbonyl (C=O) groups is 1. The summed E-state index contributed by atoms with van der Waals surface area (Å²) in [6.07, 6.45) is 1.08. The molecular formula is C13H9F3N2OS. The van der Waals surface area contributed by atoms with Crippen molar-refractivity contribution in [1.29, 1.82) is 0 Å². The third kappa shape index (κ3) is 3.74. The SMILES string of the molecule is O=C(Nc1ccccc1SC(F)F)c1ccc(F)nc1. The molecule has 3 nitrogen and oxygen atoms in total. The van der Waals surface area contributed by atoms with Gasteiger partial charge in [0.25, 0.3) is 11.7 Å². The van der Waals surface area contributed by atoms with E-state index in [1.54, 1.807) is 12.1 Å². The van der Waals surface area contributed by atoms with Crippen molar-refractivity contribution in [2.75, 3.05) is 5.32 Å². The number of aromatic nitrogens is 1. The van der Waals surface area contributed by atoms with Gasteiger partial charge in [-0.3, -0.25) is 4.79 Å². The normalized spacial score (nSPS) is 10.6. The fraction of sp³-hybridized carbons (Fsp3) is 0.0769. The van der Waals surface area contributed by atoms with Crippen molar-refractivity contribution in [2.45, 2.75) is 10.7 Å². The highest BCUT2D eigenvalue weighted by Crippen LogP contribution is 2.31. The Bertz CT molecular complexity index is 605. The standard InChI is InChI=1S/C13H9F3N2OS/c14-11-6-5-8(7-17-11)12(19)18-9-3-1-2-4-10(9)20-13(15)16/h1-7,13H,(H,18,19). The summed E-state index contributed by atoms with van der Waals surface area (Å²) in [7, 11) is 0. The fourth-order valence-corrected chi connectivity index (χ4v) is 2.07. The molecule has 1 aromatic heterocycles. The molecule has 2 aromatic rings. The van der Waals surface area contributed by atoms with Crippen LogP contribution < -0.4 is 5.32 Å². The number of carbonyl (C=O) groups excluding carboxylic acids is 1. The lowest BCUT2D eigenvalue weighted by Crippen LogP contribution is -2.13. The molecule has 1 heterocycles. The third-order valence-corrected chi connectivity index (χ3v) is 3.13. The maximum atomic E-state index is 12.7. The van der Waals surface area contributed by atoms with Crippen LogP contribution in [0, 0.1) is 5.95 Å². The quantitative estimate of drug-likeness (QED) is 0.690. The van der Waals surface area contributed by atoms with E-state index in [1.165, 1.54) is 18.2 Å². The molecule has 0 aliphatic carbocycles. The first-order valence-electron chi connectivity index (χ1n) is 5.53. The van der Waals surface area contributed by atoms with Crippen LogP contribution in [-0.4, -0.2) is 16.6 Å². The topological polar surface area (TPSA) is 42.0 Å². The van der Waals surface area contributed by atoms with Crippen LogP contribution in [0.1, 0.15) is 10.4 Å². The van der Waals surface area contributed by atoms with Crippen LogP contribution in [0.5, 0.6) is 0 Å². The first kappa shape index (κ1) is 14.4. The maximum Gasteiger partial charge on any atom is 0.288 e. The number of halogens is 3. The van der Waals surface area contributed by atoms with Gasteiger partial charge in [-0.25, -0.2) is 4.98 Å². The Kier molecular flexibility index (Phi) is 4.62. The predicted molar refractivity (Wildman–Crippen MR) is 70.5 cm³/mol. The Labute approximate surface area is 117 Å². The molecule has 0 aliphatic heterocycles. The smallest absolute Gasteiger partial charge is 0.288 e. The van der Waals surface area contributed by atoms with Crippen molar-refractivity contribution in [3.63, 3.8) is 0 Å². The van der Waals surface area contributed by atoms with Gasteiger partial charge in [0.1, 0.15) is 0 Å². The molecule has 7 heteroatoms. The van der Waals surface area contributed by atoms with Gasteiger partial charge < -0.3 is 5.32 Å².